The molecular formula is C22H27N3O3. The Bertz CT molecular complexity index is 854. The highest BCUT2D eigenvalue weighted by Gasteiger charge is 2.60. The lowest BCUT2D eigenvalue weighted by atomic mass is 9.70. The van der Waals surface area contributed by atoms with E-state index in [1.807, 2.05) is 0 Å². The van der Waals surface area contributed by atoms with Gasteiger partial charge in [0.05, 0.1) is 11.1 Å². The van der Waals surface area contributed by atoms with Crippen LogP contribution in [0.1, 0.15) is 73.6 Å². The van der Waals surface area contributed by atoms with E-state index < -0.39 is 0 Å². The maximum Gasteiger partial charge on any atom is 0.261 e. The summed E-state index contributed by atoms with van der Waals surface area (Å²) in [7, 11) is 0. The van der Waals surface area contributed by atoms with Gasteiger partial charge in [0.1, 0.15) is 0 Å². The average molecular weight is 381 g/mol. The molecule has 1 heterocycles. The van der Waals surface area contributed by atoms with Gasteiger partial charge in [-0.05, 0) is 49.1 Å². The molecule has 0 saturated heterocycles. The Balaban J connectivity index is 1.30. The maximum absolute atomic E-state index is 12.3. The van der Waals surface area contributed by atoms with Gasteiger partial charge in [-0.3, -0.25) is 19.3 Å². The predicted molar refractivity (Wildman–Crippen MR) is 106 cm³/mol. The SMILES string of the molecule is CC1(C)[C@@H]2CC[C@@]1(C)/C(=N/NC(=O)CCCN1C(=O)c3ccccc3C1=O)C2. The molecule has 0 spiro atoms. The van der Waals surface area contributed by atoms with E-state index >= 15 is 0 Å². The number of carbonyl (C=O) groups excluding carboxylic acids is 3. The summed E-state index contributed by atoms with van der Waals surface area (Å²) in [6, 6.07) is 6.82. The van der Waals surface area contributed by atoms with Gasteiger partial charge in [-0.15, -0.1) is 0 Å². The van der Waals surface area contributed by atoms with E-state index in [2.05, 4.69) is 31.3 Å². The Morgan fingerprint density at radius 2 is 1.82 bits per heavy atom. The van der Waals surface area contributed by atoms with Gasteiger partial charge in [-0.2, -0.15) is 5.10 Å². The molecule has 1 N–H and O–H groups in total. The molecule has 0 unspecified atom stereocenters. The molecule has 6 nitrogen and oxygen atoms in total. The maximum atomic E-state index is 12.3. The van der Waals surface area contributed by atoms with Crippen molar-refractivity contribution >= 4 is 23.4 Å². The van der Waals surface area contributed by atoms with Gasteiger partial charge in [-0.1, -0.05) is 32.9 Å². The number of hydrogen-bond donors (Lipinski definition) is 1. The molecule has 2 bridgehead atoms. The Hall–Kier alpha value is -2.50. The van der Waals surface area contributed by atoms with Crippen LogP contribution in [-0.2, 0) is 4.79 Å². The third-order valence-electron chi connectivity index (χ3n) is 7.49. The third-order valence-corrected chi connectivity index (χ3v) is 7.49. The first-order chi connectivity index (χ1) is 13.3. The molecule has 1 aromatic carbocycles. The average Bonchev–Trinajstić information content (AvgIpc) is 3.13. The first-order valence-electron chi connectivity index (χ1n) is 10.1. The lowest BCUT2D eigenvalue weighted by Crippen LogP contribution is -2.34. The number of amides is 3. The second kappa shape index (κ2) is 6.54. The van der Waals surface area contributed by atoms with Crippen LogP contribution in [0.15, 0.2) is 29.4 Å². The zero-order valence-corrected chi connectivity index (χ0v) is 16.7. The fraction of sp³-hybridized carbons (Fsp3) is 0.545. The highest BCUT2D eigenvalue weighted by molar-refractivity contribution is 6.21. The molecule has 2 aliphatic carbocycles. The van der Waals surface area contributed by atoms with Crippen LogP contribution < -0.4 is 5.43 Å². The Morgan fingerprint density at radius 3 is 2.36 bits per heavy atom. The lowest BCUT2D eigenvalue weighted by Gasteiger charge is -2.34. The highest BCUT2D eigenvalue weighted by atomic mass is 16.2. The van der Waals surface area contributed by atoms with E-state index in [-0.39, 0.29) is 41.5 Å². The molecule has 0 radical (unpaired) electrons. The van der Waals surface area contributed by atoms with Crippen molar-refractivity contribution in [3.05, 3.63) is 35.4 Å². The number of nitrogens with zero attached hydrogens (tertiary/aromatic N) is 2. The normalized spacial score (nSPS) is 28.9. The van der Waals surface area contributed by atoms with Crippen molar-refractivity contribution < 1.29 is 14.4 Å². The Morgan fingerprint density at radius 1 is 1.18 bits per heavy atom. The first kappa shape index (κ1) is 18.8. The van der Waals surface area contributed by atoms with Crippen LogP contribution in [0.4, 0.5) is 0 Å². The quantitative estimate of drug-likeness (QED) is 0.627. The zero-order valence-electron chi connectivity index (χ0n) is 16.7. The van der Waals surface area contributed by atoms with Crippen molar-refractivity contribution in [2.45, 2.75) is 52.9 Å². The van der Waals surface area contributed by atoms with Crippen LogP contribution in [0, 0.1) is 16.7 Å². The molecule has 0 aromatic heterocycles. The van der Waals surface area contributed by atoms with Gasteiger partial charge in [0.2, 0.25) is 5.91 Å². The molecular weight excluding hydrogens is 354 g/mol. The van der Waals surface area contributed by atoms with Crippen molar-refractivity contribution in [3.63, 3.8) is 0 Å². The number of hydrazone groups is 1. The summed E-state index contributed by atoms with van der Waals surface area (Å²) in [5.41, 5.74) is 4.96. The van der Waals surface area contributed by atoms with Gasteiger partial charge in [0.25, 0.3) is 11.8 Å². The summed E-state index contributed by atoms with van der Waals surface area (Å²) in [6.45, 7) is 7.10. The fourth-order valence-electron chi connectivity index (χ4n) is 5.12. The zero-order chi connectivity index (χ0) is 20.1. The molecule has 6 heteroatoms. The van der Waals surface area contributed by atoms with Crippen molar-refractivity contribution in [3.8, 4) is 0 Å². The standard InChI is InChI=1S/C22H27N3O3/c1-21(2)14-10-11-22(21,3)17(13-14)23-24-18(26)9-6-12-25-19(27)15-7-4-5-8-16(15)20(25)28/h4-5,7-8,14H,6,9-13H2,1-3H3,(H,24,26)/b23-17+/t14-,22+/m1/s1. The van der Waals surface area contributed by atoms with E-state index in [9.17, 15) is 14.4 Å². The molecule has 1 aliphatic heterocycles. The molecule has 4 rings (SSSR count). The number of nitrogens with one attached hydrogen (secondary N) is 1. The second-order valence-corrected chi connectivity index (χ2v) is 9.00. The summed E-state index contributed by atoms with van der Waals surface area (Å²) in [5.74, 6) is -0.0907. The van der Waals surface area contributed by atoms with Crippen LogP contribution in [0.2, 0.25) is 0 Å². The lowest BCUT2D eigenvalue weighted by molar-refractivity contribution is -0.121. The minimum absolute atomic E-state index is 0.0606. The highest BCUT2D eigenvalue weighted by Crippen LogP contribution is 2.63. The molecule has 3 aliphatic rings. The van der Waals surface area contributed by atoms with Crippen LogP contribution in [0.25, 0.3) is 0 Å². The van der Waals surface area contributed by atoms with E-state index in [1.54, 1.807) is 24.3 Å². The topological polar surface area (TPSA) is 78.8 Å². The van der Waals surface area contributed by atoms with Gasteiger partial charge in [0, 0.05) is 24.1 Å². The number of hydrogen-bond acceptors (Lipinski definition) is 4. The van der Waals surface area contributed by atoms with E-state index in [0.717, 1.165) is 18.6 Å². The van der Waals surface area contributed by atoms with Gasteiger partial charge < -0.3 is 0 Å². The summed E-state index contributed by atoms with van der Waals surface area (Å²) in [6.07, 6.45) is 3.97. The molecule has 2 saturated carbocycles. The molecule has 3 amide bonds. The van der Waals surface area contributed by atoms with Crippen LogP contribution >= 0.6 is 0 Å². The number of carbonyl (C=O) groups is 3. The van der Waals surface area contributed by atoms with Gasteiger partial charge >= 0.3 is 0 Å². The monoisotopic (exact) mass is 381 g/mol. The van der Waals surface area contributed by atoms with Crippen LogP contribution in [-0.4, -0.2) is 34.9 Å². The van der Waals surface area contributed by atoms with Crippen molar-refractivity contribution in [1.29, 1.82) is 0 Å². The van der Waals surface area contributed by atoms with Crippen LogP contribution in [0.3, 0.4) is 0 Å². The summed E-state index contributed by atoms with van der Waals surface area (Å²) in [5, 5.41) is 4.46. The first-order valence-corrected chi connectivity index (χ1v) is 10.1. The largest absolute Gasteiger partial charge is 0.274 e. The molecule has 148 valence electrons. The Kier molecular flexibility index (Phi) is 4.40. The van der Waals surface area contributed by atoms with E-state index in [0.29, 0.717) is 23.5 Å². The third kappa shape index (κ3) is 2.69. The van der Waals surface area contributed by atoms with Crippen molar-refractivity contribution in [2.24, 2.45) is 21.8 Å². The second-order valence-electron chi connectivity index (χ2n) is 9.00. The fourth-order valence-corrected chi connectivity index (χ4v) is 5.12. The van der Waals surface area contributed by atoms with E-state index in [4.69, 9.17) is 0 Å². The molecule has 2 fully saturated rings. The summed E-state index contributed by atoms with van der Waals surface area (Å²) < 4.78 is 0. The minimum Gasteiger partial charge on any atom is -0.274 e. The molecule has 2 atom stereocenters. The predicted octanol–water partition coefficient (Wildman–Crippen LogP) is 3.38. The van der Waals surface area contributed by atoms with Crippen molar-refractivity contribution in [1.82, 2.24) is 10.3 Å². The van der Waals surface area contributed by atoms with Crippen molar-refractivity contribution in [2.75, 3.05) is 6.54 Å². The summed E-state index contributed by atoms with van der Waals surface area (Å²) in [4.78, 5) is 38.1. The minimum atomic E-state index is -0.279. The van der Waals surface area contributed by atoms with Crippen LogP contribution in [0.5, 0.6) is 0 Å². The summed E-state index contributed by atoms with van der Waals surface area (Å²) >= 11 is 0. The van der Waals surface area contributed by atoms with E-state index in [1.165, 1.54) is 11.3 Å². The number of fused-ring (bicyclic) bond motifs is 3. The molecule has 1 aromatic rings. The van der Waals surface area contributed by atoms with Gasteiger partial charge in [0.15, 0.2) is 0 Å². The Labute approximate surface area is 165 Å². The molecule has 28 heavy (non-hydrogen) atoms. The number of imide groups is 1. The number of rotatable bonds is 5. The van der Waals surface area contributed by atoms with Gasteiger partial charge in [-0.25, -0.2) is 5.43 Å². The number of benzene rings is 1. The smallest absolute Gasteiger partial charge is 0.261 e.